The molecule has 0 spiro atoms. The fourth-order valence-corrected chi connectivity index (χ4v) is 5.32. The molecule has 0 aliphatic rings. The van der Waals surface area contributed by atoms with E-state index in [0.29, 0.717) is 0 Å². The molecule has 23 heavy (non-hydrogen) atoms. The van der Waals surface area contributed by atoms with Crippen LogP contribution in [0, 0.1) is 0 Å². The van der Waals surface area contributed by atoms with Gasteiger partial charge in [-0.15, -0.1) is 0 Å². The second-order valence-electron chi connectivity index (χ2n) is 4.66. The molecule has 0 unspecified atom stereocenters. The summed E-state index contributed by atoms with van der Waals surface area (Å²) in [5.41, 5.74) is 0. The molecule has 0 aliphatic carbocycles. The molecule has 116 valence electrons. The highest BCUT2D eigenvalue weighted by Gasteiger charge is 2.08. The van der Waals surface area contributed by atoms with Crippen LogP contribution < -0.4 is 0 Å². The zero-order valence-electron chi connectivity index (χ0n) is 11.8. The van der Waals surface area contributed by atoms with Crippen molar-refractivity contribution in [1.29, 1.82) is 0 Å². The van der Waals surface area contributed by atoms with Crippen molar-refractivity contribution in [3.63, 3.8) is 0 Å². The van der Waals surface area contributed by atoms with Crippen LogP contribution in [0.4, 0.5) is 0 Å². The molecule has 0 aliphatic heterocycles. The van der Waals surface area contributed by atoms with E-state index in [0.717, 1.165) is 13.4 Å². The van der Waals surface area contributed by atoms with Gasteiger partial charge in [0, 0.05) is 33.0 Å². The Morgan fingerprint density at radius 2 is 1.04 bits per heavy atom. The van der Waals surface area contributed by atoms with Crippen LogP contribution in [0.1, 0.15) is 0 Å². The largest absolute Gasteiger partial charge is 0.0889 e. The van der Waals surface area contributed by atoms with E-state index in [1.807, 2.05) is 12.1 Å². The third-order valence-corrected chi connectivity index (χ3v) is 8.08. The summed E-state index contributed by atoms with van der Waals surface area (Å²) in [6.07, 6.45) is 0. The van der Waals surface area contributed by atoms with Crippen molar-refractivity contribution in [2.24, 2.45) is 0 Å². The minimum Gasteiger partial charge on any atom is -0.0889 e. The topological polar surface area (TPSA) is 0 Å². The maximum absolute atomic E-state index is 3.66. The fourth-order valence-electron chi connectivity index (χ4n) is 1.93. The standard InChI is InChI=1S/C18H11Br3S2/c19-13-5-1-3-7-16(13)22-12-9-10-15(21)18(11-12)23-17-8-4-2-6-14(17)20/h1-11H. The van der Waals surface area contributed by atoms with Crippen molar-refractivity contribution in [2.75, 3.05) is 0 Å². The van der Waals surface area contributed by atoms with Gasteiger partial charge in [0.1, 0.15) is 0 Å². The average Bonchev–Trinajstić information content (AvgIpc) is 2.55. The lowest BCUT2D eigenvalue weighted by Crippen LogP contribution is -1.81. The monoisotopic (exact) mass is 528 g/mol. The molecule has 0 fully saturated rings. The van der Waals surface area contributed by atoms with Crippen LogP contribution in [0.3, 0.4) is 0 Å². The summed E-state index contributed by atoms with van der Waals surface area (Å²) in [6, 6.07) is 23.0. The Morgan fingerprint density at radius 1 is 0.522 bits per heavy atom. The van der Waals surface area contributed by atoms with Gasteiger partial charge < -0.3 is 0 Å². The molecule has 0 bridgehead atoms. The quantitative estimate of drug-likeness (QED) is 0.333. The third kappa shape index (κ3) is 4.67. The van der Waals surface area contributed by atoms with Gasteiger partial charge in [0.15, 0.2) is 0 Å². The number of rotatable bonds is 4. The molecular weight excluding hydrogens is 520 g/mol. The second kappa shape index (κ2) is 8.26. The van der Waals surface area contributed by atoms with E-state index in [4.69, 9.17) is 0 Å². The number of halogens is 3. The normalized spacial score (nSPS) is 10.7. The van der Waals surface area contributed by atoms with E-state index in [2.05, 4.69) is 102 Å². The van der Waals surface area contributed by atoms with Crippen molar-refractivity contribution < 1.29 is 0 Å². The van der Waals surface area contributed by atoms with Crippen molar-refractivity contribution in [2.45, 2.75) is 19.6 Å². The van der Waals surface area contributed by atoms with E-state index in [9.17, 15) is 0 Å². The summed E-state index contributed by atoms with van der Waals surface area (Å²) in [4.78, 5) is 4.84. The Morgan fingerprint density at radius 3 is 1.65 bits per heavy atom. The van der Waals surface area contributed by atoms with Crippen LogP contribution in [0.5, 0.6) is 0 Å². The van der Waals surface area contributed by atoms with Gasteiger partial charge in [-0.25, -0.2) is 0 Å². The molecule has 3 aromatic rings. The first-order valence-electron chi connectivity index (χ1n) is 6.78. The molecule has 5 heteroatoms. The first-order chi connectivity index (χ1) is 11.1. The summed E-state index contributed by atoms with van der Waals surface area (Å²) in [6.45, 7) is 0. The van der Waals surface area contributed by atoms with Crippen molar-refractivity contribution in [3.8, 4) is 0 Å². The molecule has 0 radical (unpaired) electrons. The van der Waals surface area contributed by atoms with Gasteiger partial charge in [-0.3, -0.25) is 0 Å². The Hall–Kier alpha value is -0.200. The predicted octanol–water partition coefficient (Wildman–Crippen LogP) is 8.28. The molecule has 0 saturated carbocycles. The van der Waals surface area contributed by atoms with Gasteiger partial charge in [-0.1, -0.05) is 47.8 Å². The molecule has 0 N–H and O–H groups in total. The Kier molecular flexibility index (Phi) is 6.32. The van der Waals surface area contributed by atoms with Gasteiger partial charge in [0.2, 0.25) is 0 Å². The van der Waals surface area contributed by atoms with E-state index in [1.54, 1.807) is 23.5 Å². The van der Waals surface area contributed by atoms with Gasteiger partial charge in [-0.2, -0.15) is 0 Å². The first-order valence-corrected chi connectivity index (χ1v) is 10.8. The summed E-state index contributed by atoms with van der Waals surface area (Å²) in [5, 5.41) is 0. The van der Waals surface area contributed by atoms with Gasteiger partial charge in [0.05, 0.1) is 0 Å². The van der Waals surface area contributed by atoms with Gasteiger partial charge in [0.25, 0.3) is 0 Å². The van der Waals surface area contributed by atoms with Crippen LogP contribution in [-0.4, -0.2) is 0 Å². The smallest absolute Gasteiger partial charge is 0.0315 e. The van der Waals surface area contributed by atoms with E-state index in [1.165, 1.54) is 19.6 Å². The zero-order valence-corrected chi connectivity index (χ0v) is 18.2. The summed E-state index contributed by atoms with van der Waals surface area (Å²) < 4.78 is 3.34. The number of hydrogen-bond acceptors (Lipinski definition) is 2. The number of hydrogen-bond donors (Lipinski definition) is 0. The third-order valence-electron chi connectivity index (χ3n) is 3.02. The molecule has 0 atom stereocenters. The molecule has 0 aromatic heterocycles. The van der Waals surface area contributed by atoms with Crippen LogP contribution in [0.25, 0.3) is 0 Å². The molecule has 0 saturated heterocycles. The Labute approximate surface area is 169 Å². The fraction of sp³-hybridized carbons (Fsp3) is 0. The molecule has 0 amide bonds. The van der Waals surface area contributed by atoms with Crippen LogP contribution in [0.15, 0.2) is 99.7 Å². The Balaban J connectivity index is 1.88. The maximum Gasteiger partial charge on any atom is 0.0315 e. The first kappa shape index (κ1) is 17.6. The van der Waals surface area contributed by atoms with Crippen LogP contribution in [-0.2, 0) is 0 Å². The molecule has 0 nitrogen and oxygen atoms in total. The molecular formula is C18H11Br3S2. The second-order valence-corrected chi connectivity index (χ2v) is 9.42. The molecule has 3 rings (SSSR count). The summed E-state index contributed by atoms with van der Waals surface area (Å²) in [5.74, 6) is 0. The van der Waals surface area contributed by atoms with E-state index in [-0.39, 0.29) is 0 Å². The molecule has 3 aromatic carbocycles. The van der Waals surface area contributed by atoms with Crippen molar-refractivity contribution in [1.82, 2.24) is 0 Å². The SMILES string of the molecule is Brc1ccccc1Sc1ccc(Br)c(Sc2ccccc2Br)c1. The van der Waals surface area contributed by atoms with Crippen molar-refractivity contribution in [3.05, 3.63) is 80.1 Å². The predicted molar refractivity (Wildman–Crippen MR) is 111 cm³/mol. The minimum absolute atomic E-state index is 1.11. The number of benzene rings is 3. The van der Waals surface area contributed by atoms with Gasteiger partial charge in [-0.05, 0) is 90.3 Å². The minimum atomic E-state index is 1.11. The van der Waals surface area contributed by atoms with E-state index >= 15 is 0 Å². The van der Waals surface area contributed by atoms with Gasteiger partial charge >= 0.3 is 0 Å². The Bertz CT molecular complexity index is 834. The molecule has 0 heterocycles. The lowest BCUT2D eigenvalue weighted by Gasteiger charge is -2.09. The lowest BCUT2D eigenvalue weighted by atomic mass is 10.4. The highest BCUT2D eigenvalue weighted by molar-refractivity contribution is 9.11. The summed E-state index contributed by atoms with van der Waals surface area (Å²) in [7, 11) is 0. The zero-order chi connectivity index (χ0) is 16.2. The lowest BCUT2D eigenvalue weighted by molar-refractivity contribution is 1.27. The highest BCUT2D eigenvalue weighted by Crippen LogP contribution is 2.41. The van der Waals surface area contributed by atoms with E-state index < -0.39 is 0 Å². The van der Waals surface area contributed by atoms with Crippen LogP contribution in [0.2, 0.25) is 0 Å². The highest BCUT2D eigenvalue weighted by atomic mass is 79.9. The maximum atomic E-state index is 3.66. The summed E-state index contributed by atoms with van der Waals surface area (Å²) >= 11 is 14.4. The van der Waals surface area contributed by atoms with Crippen LogP contribution >= 0.6 is 71.3 Å². The average molecular weight is 531 g/mol. The van der Waals surface area contributed by atoms with Crippen molar-refractivity contribution >= 4 is 71.3 Å².